The van der Waals surface area contributed by atoms with E-state index in [-0.39, 0.29) is 5.60 Å². The molecule has 62 valence electrons. The van der Waals surface area contributed by atoms with Crippen molar-refractivity contribution in [3.05, 3.63) is 24.2 Å². The van der Waals surface area contributed by atoms with Crippen molar-refractivity contribution in [1.29, 1.82) is 0 Å². The van der Waals surface area contributed by atoms with Gasteiger partial charge in [0.05, 0.1) is 11.9 Å². The number of hydrogen-bond donors (Lipinski definition) is 0. The standard InChI is InChI=1S/C9H14O2/c1-9(2,10-3)7-8-5-4-6-11-8/h4-6H,7H2,1-3H3. The predicted molar refractivity (Wildman–Crippen MR) is 43.5 cm³/mol. The van der Waals surface area contributed by atoms with Crippen LogP contribution in [0.4, 0.5) is 0 Å². The molecule has 0 saturated carbocycles. The van der Waals surface area contributed by atoms with Crippen molar-refractivity contribution in [2.24, 2.45) is 0 Å². The van der Waals surface area contributed by atoms with E-state index in [0.717, 1.165) is 12.2 Å². The van der Waals surface area contributed by atoms with Crippen LogP contribution in [0.3, 0.4) is 0 Å². The van der Waals surface area contributed by atoms with Gasteiger partial charge in [-0.05, 0) is 26.0 Å². The van der Waals surface area contributed by atoms with E-state index in [4.69, 9.17) is 9.15 Å². The number of rotatable bonds is 3. The highest BCUT2D eigenvalue weighted by atomic mass is 16.5. The number of hydrogen-bond acceptors (Lipinski definition) is 2. The predicted octanol–water partition coefficient (Wildman–Crippen LogP) is 2.25. The molecule has 0 aliphatic carbocycles. The zero-order valence-corrected chi connectivity index (χ0v) is 7.26. The van der Waals surface area contributed by atoms with E-state index in [0.29, 0.717) is 0 Å². The Bertz CT molecular complexity index is 199. The molecule has 1 rings (SSSR count). The highest BCUT2D eigenvalue weighted by Gasteiger charge is 2.18. The van der Waals surface area contributed by atoms with Gasteiger partial charge in [0, 0.05) is 13.5 Å². The van der Waals surface area contributed by atoms with E-state index >= 15 is 0 Å². The maximum atomic E-state index is 5.25. The highest BCUT2D eigenvalue weighted by Crippen LogP contribution is 2.15. The summed E-state index contributed by atoms with van der Waals surface area (Å²) in [6.07, 6.45) is 2.50. The molecule has 1 aromatic rings. The molecule has 1 heterocycles. The first-order valence-corrected chi connectivity index (χ1v) is 3.71. The van der Waals surface area contributed by atoms with Gasteiger partial charge in [-0.3, -0.25) is 0 Å². The first-order chi connectivity index (χ1) is 5.14. The van der Waals surface area contributed by atoms with E-state index in [9.17, 15) is 0 Å². The van der Waals surface area contributed by atoms with E-state index in [2.05, 4.69) is 0 Å². The zero-order chi connectivity index (χ0) is 8.32. The summed E-state index contributed by atoms with van der Waals surface area (Å²) < 4.78 is 10.4. The highest BCUT2D eigenvalue weighted by molar-refractivity contribution is 5.01. The topological polar surface area (TPSA) is 22.4 Å². The van der Waals surface area contributed by atoms with Crippen molar-refractivity contribution in [3.63, 3.8) is 0 Å². The fourth-order valence-electron chi connectivity index (χ4n) is 0.905. The minimum Gasteiger partial charge on any atom is -0.469 e. The summed E-state index contributed by atoms with van der Waals surface area (Å²) in [5.74, 6) is 0.969. The summed E-state index contributed by atoms with van der Waals surface area (Å²) in [4.78, 5) is 0. The number of ether oxygens (including phenoxy) is 1. The normalized spacial score (nSPS) is 11.9. The average Bonchev–Trinajstić information content (AvgIpc) is 2.39. The average molecular weight is 154 g/mol. The Labute approximate surface area is 67.2 Å². The molecule has 2 nitrogen and oxygen atoms in total. The lowest BCUT2D eigenvalue weighted by atomic mass is 10.0. The van der Waals surface area contributed by atoms with Gasteiger partial charge in [0.25, 0.3) is 0 Å². The molecular formula is C9H14O2. The van der Waals surface area contributed by atoms with Crippen molar-refractivity contribution in [2.75, 3.05) is 7.11 Å². The molecule has 0 amide bonds. The van der Waals surface area contributed by atoms with Gasteiger partial charge in [-0.25, -0.2) is 0 Å². The third-order valence-electron chi connectivity index (χ3n) is 1.73. The van der Waals surface area contributed by atoms with Gasteiger partial charge in [-0.1, -0.05) is 0 Å². The second kappa shape index (κ2) is 3.09. The third-order valence-corrected chi connectivity index (χ3v) is 1.73. The molecule has 0 unspecified atom stereocenters. The Morgan fingerprint density at radius 2 is 2.27 bits per heavy atom. The van der Waals surface area contributed by atoms with Gasteiger partial charge >= 0.3 is 0 Å². The lowest BCUT2D eigenvalue weighted by Crippen LogP contribution is -2.25. The summed E-state index contributed by atoms with van der Waals surface area (Å²) in [5, 5.41) is 0. The fraction of sp³-hybridized carbons (Fsp3) is 0.556. The molecule has 0 aliphatic heterocycles. The Balaban J connectivity index is 2.56. The molecule has 1 aromatic heterocycles. The monoisotopic (exact) mass is 154 g/mol. The Kier molecular flexibility index (Phi) is 2.35. The Hall–Kier alpha value is -0.760. The van der Waals surface area contributed by atoms with E-state index < -0.39 is 0 Å². The molecule has 0 saturated heterocycles. The summed E-state index contributed by atoms with van der Waals surface area (Å²) in [5.41, 5.74) is -0.127. The molecule has 0 spiro atoms. The molecule has 0 atom stereocenters. The van der Waals surface area contributed by atoms with Crippen molar-refractivity contribution in [1.82, 2.24) is 0 Å². The van der Waals surface area contributed by atoms with Gasteiger partial charge in [0.15, 0.2) is 0 Å². The van der Waals surface area contributed by atoms with Crippen molar-refractivity contribution >= 4 is 0 Å². The molecule has 0 fully saturated rings. The minimum absolute atomic E-state index is 0.127. The van der Waals surface area contributed by atoms with E-state index in [1.54, 1.807) is 13.4 Å². The van der Waals surface area contributed by atoms with Crippen LogP contribution in [0.25, 0.3) is 0 Å². The van der Waals surface area contributed by atoms with Gasteiger partial charge < -0.3 is 9.15 Å². The SMILES string of the molecule is COC(C)(C)Cc1ccco1. The fourth-order valence-corrected chi connectivity index (χ4v) is 0.905. The lowest BCUT2D eigenvalue weighted by molar-refractivity contribution is 0.0192. The molecule has 0 aliphatic rings. The van der Waals surface area contributed by atoms with E-state index in [1.807, 2.05) is 26.0 Å². The molecular weight excluding hydrogens is 140 g/mol. The quantitative estimate of drug-likeness (QED) is 0.666. The van der Waals surface area contributed by atoms with Crippen LogP contribution in [0.2, 0.25) is 0 Å². The first kappa shape index (κ1) is 8.34. The first-order valence-electron chi connectivity index (χ1n) is 3.71. The molecule has 2 heteroatoms. The summed E-state index contributed by atoms with van der Waals surface area (Å²) in [7, 11) is 1.71. The van der Waals surface area contributed by atoms with Crippen LogP contribution >= 0.6 is 0 Å². The molecule has 0 radical (unpaired) electrons. The minimum atomic E-state index is -0.127. The van der Waals surface area contributed by atoms with Crippen LogP contribution in [0.5, 0.6) is 0 Å². The van der Waals surface area contributed by atoms with Crippen LogP contribution in [-0.4, -0.2) is 12.7 Å². The van der Waals surface area contributed by atoms with Crippen LogP contribution in [0.1, 0.15) is 19.6 Å². The third kappa shape index (κ3) is 2.39. The summed E-state index contributed by atoms with van der Waals surface area (Å²) in [6.45, 7) is 4.07. The molecule has 0 N–H and O–H groups in total. The van der Waals surface area contributed by atoms with Crippen LogP contribution in [-0.2, 0) is 11.2 Å². The van der Waals surface area contributed by atoms with Gasteiger partial charge in [0.1, 0.15) is 5.76 Å². The largest absolute Gasteiger partial charge is 0.469 e. The summed E-state index contributed by atoms with van der Waals surface area (Å²) in [6, 6.07) is 3.85. The molecule has 11 heavy (non-hydrogen) atoms. The van der Waals surface area contributed by atoms with E-state index in [1.165, 1.54) is 0 Å². The van der Waals surface area contributed by atoms with Gasteiger partial charge in [0.2, 0.25) is 0 Å². The number of methoxy groups -OCH3 is 1. The van der Waals surface area contributed by atoms with Crippen LogP contribution < -0.4 is 0 Å². The van der Waals surface area contributed by atoms with Crippen LogP contribution in [0.15, 0.2) is 22.8 Å². The smallest absolute Gasteiger partial charge is 0.106 e. The maximum absolute atomic E-state index is 5.25. The van der Waals surface area contributed by atoms with Gasteiger partial charge in [-0.15, -0.1) is 0 Å². The van der Waals surface area contributed by atoms with Crippen molar-refractivity contribution in [3.8, 4) is 0 Å². The second-order valence-electron chi connectivity index (χ2n) is 3.22. The molecule has 0 aromatic carbocycles. The van der Waals surface area contributed by atoms with Crippen LogP contribution in [0, 0.1) is 0 Å². The van der Waals surface area contributed by atoms with Gasteiger partial charge in [-0.2, -0.15) is 0 Å². The summed E-state index contributed by atoms with van der Waals surface area (Å²) >= 11 is 0. The lowest BCUT2D eigenvalue weighted by Gasteiger charge is -2.20. The second-order valence-corrected chi connectivity index (χ2v) is 3.22. The Morgan fingerprint density at radius 3 is 2.73 bits per heavy atom. The Morgan fingerprint density at radius 1 is 1.55 bits per heavy atom. The maximum Gasteiger partial charge on any atom is 0.106 e. The zero-order valence-electron chi connectivity index (χ0n) is 7.26. The van der Waals surface area contributed by atoms with Crippen molar-refractivity contribution in [2.45, 2.75) is 25.9 Å². The van der Waals surface area contributed by atoms with Crippen molar-refractivity contribution < 1.29 is 9.15 Å². The molecule has 0 bridgehead atoms. The number of furan rings is 1.